The van der Waals surface area contributed by atoms with Crippen molar-refractivity contribution in [2.45, 2.75) is 32.7 Å². The van der Waals surface area contributed by atoms with Crippen LogP contribution in [0, 0.1) is 5.82 Å². The van der Waals surface area contributed by atoms with E-state index in [9.17, 15) is 4.39 Å². The highest BCUT2D eigenvalue weighted by molar-refractivity contribution is 6.30. The van der Waals surface area contributed by atoms with Crippen LogP contribution in [0.1, 0.15) is 37.7 Å². The Morgan fingerprint density at radius 1 is 1.40 bits per heavy atom. The molecular weight excluding hydrogens is 279 g/mol. The number of hydrogen-bond acceptors (Lipinski definition) is 3. The Balaban J connectivity index is 2.49. The molecule has 1 aromatic heterocycles. The zero-order valence-electron chi connectivity index (χ0n) is 11.8. The van der Waals surface area contributed by atoms with Crippen LogP contribution in [0.15, 0.2) is 18.2 Å². The maximum absolute atomic E-state index is 13.6. The van der Waals surface area contributed by atoms with Crippen molar-refractivity contribution in [3.63, 3.8) is 0 Å². The lowest BCUT2D eigenvalue weighted by Crippen LogP contribution is -2.17. The topological polar surface area (TPSA) is 42.7 Å². The van der Waals surface area contributed by atoms with Gasteiger partial charge in [0.25, 0.3) is 0 Å². The highest BCUT2D eigenvalue weighted by Gasteiger charge is 2.19. The molecule has 0 spiro atoms. The van der Waals surface area contributed by atoms with E-state index in [1.165, 1.54) is 12.1 Å². The summed E-state index contributed by atoms with van der Waals surface area (Å²) in [5.74, 6) is -0.455. The van der Waals surface area contributed by atoms with Crippen molar-refractivity contribution in [2.24, 2.45) is 0 Å². The van der Waals surface area contributed by atoms with Crippen LogP contribution in [-0.2, 0) is 6.42 Å². The summed E-state index contributed by atoms with van der Waals surface area (Å²) in [6.45, 7) is 4.12. The molecule has 0 aliphatic carbocycles. The van der Waals surface area contributed by atoms with E-state index in [4.69, 9.17) is 11.6 Å². The maximum atomic E-state index is 13.6. The predicted molar refractivity (Wildman–Crippen MR) is 77.8 cm³/mol. The molecule has 0 radical (unpaired) electrons. The molecule has 1 atom stereocenters. The Bertz CT molecular complexity index is 593. The molecule has 0 saturated carbocycles. The van der Waals surface area contributed by atoms with Crippen molar-refractivity contribution >= 4 is 11.6 Å². The van der Waals surface area contributed by atoms with Crippen LogP contribution in [0.3, 0.4) is 0 Å². The van der Waals surface area contributed by atoms with Crippen LogP contribution in [-0.4, -0.2) is 22.0 Å². The summed E-state index contributed by atoms with van der Waals surface area (Å²) in [7, 11) is 1.90. The molecule has 1 unspecified atom stereocenters. The van der Waals surface area contributed by atoms with Gasteiger partial charge in [0.15, 0.2) is 0 Å². The molecule has 0 bridgehead atoms. The molecule has 0 aliphatic heterocycles. The SMILES string of the molecule is CCc1c(C(CC)NC)nnn1-c1ccc(Cl)c(F)c1. The average Bonchev–Trinajstić information content (AvgIpc) is 2.87. The highest BCUT2D eigenvalue weighted by atomic mass is 35.5. The summed E-state index contributed by atoms with van der Waals surface area (Å²) in [6, 6.07) is 4.79. The van der Waals surface area contributed by atoms with Gasteiger partial charge in [0.2, 0.25) is 0 Å². The molecular formula is C14H18ClFN4. The summed E-state index contributed by atoms with van der Waals surface area (Å²) in [4.78, 5) is 0. The fraction of sp³-hybridized carbons (Fsp3) is 0.429. The van der Waals surface area contributed by atoms with Gasteiger partial charge in [-0.05, 0) is 32.0 Å². The number of nitrogens with zero attached hydrogens (tertiary/aromatic N) is 3. The number of benzene rings is 1. The van der Waals surface area contributed by atoms with E-state index >= 15 is 0 Å². The number of hydrogen-bond donors (Lipinski definition) is 1. The molecule has 1 aromatic carbocycles. The van der Waals surface area contributed by atoms with Crippen LogP contribution in [0.2, 0.25) is 5.02 Å². The maximum Gasteiger partial charge on any atom is 0.143 e. The van der Waals surface area contributed by atoms with Gasteiger partial charge < -0.3 is 5.32 Å². The second-order valence-electron chi connectivity index (χ2n) is 4.53. The van der Waals surface area contributed by atoms with Crippen molar-refractivity contribution in [3.05, 3.63) is 40.4 Å². The molecule has 2 aromatic rings. The third-order valence-corrected chi connectivity index (χ3v) is 3.67. The average molecular weight is 297 g/mol. The van der Waals surface area contributed by atoms with E-state index < -0.39 is 5.82 Å². The van der Waals surface area contributed by atoms with Gasteiger partial charge in [0, 0.05) is 6.07 Å². The first-order chi connectivity index (χ1) is 9.62. The zero-order valence-corrected chi connectivity index (χ0v) is 12.6. The van der Waals surface area contributed by atoms with Crippen molar-refractivity contribution in [1.82, 2.24) is 20.3 Å². The van der Waals surface area contributed by atoms with Gasteiger partial charge in [-0.2, -0.15) is 0 Å². The molecule has 108 valence electrons. The monoisotopic (exact) mass is 296 g/mol. The fourth-order valence-corrected chi connectivity index (χ4v) is 2.39. The molecule has 2 rings (SSSR count). The van der Waals surface area contributed by atoms with E-state index in [2.05, 4.69) is 22.6 Å². The van der Waals surface area contributed by atoms with Crippen LogP contribution < -0.4 is 5.32 Å². The summed E-state index contributed by atoms with van der Waals surface area (Å²) in [5.41, 5.74) is 2.52. The van der Waals surface area contributed by atoms with E-state index in [1.807, 2.05) is 14.0 Å². The third-order valence-electron chi connectivity index (χ3n) is 3.36. The van der Waals surface area contributed by atoms with E-state index in [1.54, 1.807) is 10.7 Å². The van der Waals surface area contributed by atoms with E-state index in [-0.39, 0.29) is 11.1 Å². The summed E-state index contributed by atoms with van der Waals surface area (Å²) in [6.07, 6.45) is 1.68. The Hall–Kier alpha value is -1.46. The number of nitrogens with one attached hydrogen (secondary N) is 1. The Morgan fingerprint density at radius 2 is 2.15 bits per heavy atom. The smallest absolute Gasteiger partial charge is 0.143 e. The minimum Gasteiger partial charge on any atom is -0.312 e. The van der Waals surface area contributed by atoms with Gasteiger partial charge in [-0.3, -0.25) is 0 Å². The zero-order chi connectivity index (χ0) is 14.7. The molecule has 4 nitrogen and oxygen atoms in total. The van der Waals surface area contributed by atoms with Crippen LogP contribution in [0.4, 0.5) is 4.39 Å². The number of halogens is 2. The first-order valence-electron chi connectivity index (χ1n) is 6.69. The second-order valence-corrected chi connectivity index (χ2v) is 4.94. The van der Waals surface area contributed by atoms with Crippen LogP contribution in [0.5, 0.6) is 0 Å². The second kappa shape index (κ2) is 6.33. The van der Waals surface area contributed by atoms with Gasteiger partial charge in [0.1, 0.15) is 11.5 Å². The first kappa shape index (κ1) is 14.9. The van der Waals surface area contributed by atoms with Gasteiger partial charge in [-0.15, -0.1) is 5.10 Å². The molecule has 0 aliphatic rings. The first-order valence-corrected chi connectivity index (χ1v) is 7.07. The van der Waals surface area contributed by atoms with Crippen molar-refractivity contribution in [1.29, 1.82) is 0 Å². The summed E-state index contributed by atoms with van der Waals surface area (Å²) >= 11 is 5.71. The molecule has 20 heavy (non-hydrogen) atoms. The largest absolute Gasteiger partial charge is 0.312 e. The molecule has 6 heteroatoms. The lowest BCUT2D eigenvalue weighted by Gasteiger charge is -2.13. The van der Waals surface area contributed by atoms with E-state index in [0.717, 1.165) is 24.2 Å². The van der Waals surface area contributed by atoms with Gasteiger partial charge in [0.05, 0.1) is 22.4 Å². The lowest BCUT2D eigenvalue weighted by molar-refractivity contribution is 0.555. The van der Waals surface area contributed by atoms with Crippen molar-refractivity contribution in [3.8, 4) is 5.69 Å². The number of aromatic nitrogens is 3. The molecule has 0 saturated heterocycles. The van der Waals surface area contributed by atoms with Gasteiger partial charge >= 0.3 is 0 Å². The summed E-state index contributed by atoms with van der Waals surface area (Å²) < 4.78 is 15.3. The molecule has 0 amide bonds. The minimum atomic E-state index is -0.455. The Morgan fingerprint density at radius 3 is 2.70 bits per heavy atom. The van der Waals surface area contributed by atoms with Crippen LogP contribution >= 0.6 is 11.6 Å². The van der Waals surface area contributed by atoms with Crippen molar-refractivity contribution < 1.29 is 4.39 Å². The normalized spacial score (nSPS) is 12.7. The highest BCUT2D eigenvalue weighted by Crippen LogP contribution is 2.23. The fourth-order valence-electron chi connectivity index (χ4n) is 2.27. The molecule has 0 fully saturated rings. The van der Waals surface area contributed by atoms with E-state index in [0.29, 0.717) is 5.69 Å². The van der Waals surface area contributed by atoms with Gasteiger partial charge in [-0.25, -0.2) is 9.07 Å². The molecule has 1 N–H and O–H groups in total. The van der Waals surface area contributed by atoms with Crippen LogP contribution in [0.25, 0.3) is 5.69 Å². The lowest BCUT2D eigenvalue weighted by atomic mass is 10.1. The van der Waals surface area contributed by atoms with Gasteiger partial charge in [-0.1, -0.05) is 30.7 Å². The Kier molecular flexibility index (Phi) is 4.73. The summed E-state index contributed by atoms with van der Waals surface area (Å²) in [5, 5.41) is 11.7. The van der Waals surface area contributed by atoms with Crippen molar-refractivity contribution in [2.75, 3.05) is 7.05 Å². The Labute approximate surface area is 122 Å². The number of rotatable bonds is 5. The minimum absolute atomic E-state index is 0.105. The predicted octanol–water partition coefficient (Wildman–Crippen LogP) is 3.29. The molecule has 1 heterocycles. The standard InChI is InChI=1S/C14H18ClFN4/c1-4-12(17-3)14-13(5-2)20(19-18-14)9-6-7-10(15)11(16)8-9/h6-8,12,17H,4-5H2,1-3H3. The third kappa shape index (κ3) is 2.69. The quantitative estimate of drug-likeness (QED) is 0.920.